The zero-order chi connectivity index (χ0) is 13.8. The molecule has 0 bridgehead atoms. The molecule has 2 N–H and O–H groups in total. The van der Waals surface area contributed by atoms with E-state index in [0.29, 0.717) is 6.54 Å². The molecule has 0 aliphatic heterocycles. The molecule has 2 aromatic rings. The van der Waals surface area contributed by atoms with Crippen LogP contribution in [0.15, 0.2) is 30.5 Å². The molecule has 19 heavy (non-hydrogen) atoms. The maximum Gasteiger partial charge on any atom is 0.255 e. The number of nitrogens with one attached hydrogen (secondary N) is 1. The molecule has 1 aromatic carbocycles. The molecule has 0 aliphatic rings. The number of para-hydroxylation sites is 1. The first-order valence-corrected chi connectivity index (χ1v) is 6.19. The Bertz CT molecular complexity index is 590. The number of phenols is 1. The highest BCUT2D eigenvalue weighted by atomic mass is 16.3. The van der Waals surface area contributed by atoms with E-state index in [1.165, 1.54) is 6.07 Å². The van der Waals surface area contributed by atoms with Crippen molar-refractivity contribution in [1.82, 2.24) is 15.1 Å². The SMILES string of the molecule is CCc1nn(C)cc1CNC(=O)c1ccccc1O. The van der Waals surface area contributed by atoms with E-state index < -0.39 is 0 Å². The number of hydrogen-bond acceptors (Lipinski definition) is 3. The van der Waals surface area contributed by atoms with Crippen LogP contribution in [0.4, 0.5) is 0 Å². The second-order valence-electron chi connectivity index (χ2n) is 4.33. The second kappa shape index (κ2) is 5.56. The van der Waals surface area contributed by atoms with Crippen LogP contribution in [0.5, 0.6) is 5.75 Å². The van der Waals surface area contributed by atoms with E-state index in [2.05, 4.69) is 10.4 Å². The number of hydrogen-bond donors (Lipinski definition) is 2. The predicted octanol–water partition coefficient (Wildman–Crippen LogP) is 1.62. The van der Waals surface area contributed by atoms with E-state index >= 15 is 0 Å². The molecular formula is C14H17N3O2. The largest absolute Gasteiger partial charge is 0.507 e. The van der Waals surface area contributed by atoms with Crippen LogP contribution in [0.3, 0.4) is 0 Å². The minimum atomic E-state index is -0.288. The lowest BCUT2D eigenvalue weighted by Crippen LogP contribution is -2.23. The van der Waals surface area contributed by atoms with Crippen molar-refractivity contribution >= 4 is 5.91 Å². The zero-order valence-electron chi connectivity index (χ0n) is 11.1. The average Bonchev–Trinajstić information content (AvgIpc) is 2.77. The van der Waals surface area contributed by atoms with E-state index in [1.54, 1.807) is 22.9 Å². The molecular weight excluding hydrogens is 242 g/mol. The fourth-order valence-electron chi connectivity index (χ4n) is 1.97. The van der Waals surface area contributed by atoms with Gasteiger partial charge in [-0.15, -0.1) is 0 Å². The Morgan fingerprint density at radius 1 is 1.42 bits per heavy atom. The van der Waals surface area contributed by atoms with Crippen molar-refractivity contribution in [2.75, 3.05) is 0 Å². The maximum absolute atomic E-state index is 11.9. The van der Waals surface area contributed by atoms with Gasteiger partial charge < -0.3 is 10.4 Å². The first-order valence-electron chi connectivity index (χ1n) is 6.19. The van der Waals surface area contributed by atoms with Crippen molar-refractivity contribution in [3.63, 3.8) is 0 Å². The first-order chi connectivity index (χ1) is 9.11. The lowest BCUT2D eigenvalue weighted by Gasteiger charge is -2.06. The van der Waals surface area contributed by atoms with Crippen LogP contribution in [0.2, 0.25) is 0 Å². The van der Waals surface area contributed by atoms with Gasteiger partial charge in [0.25, 0.3) is 5.91 Å². The average molecular weight is 259 g/mol. The molecule has 2 rings (SSSR count). The molecule has 1 amide bonds. The van der Waals surface area contributed by atoms with E-state index in [4.69, 9.17) is 0 Å². The monoisotopic (exact) mass is 259 g/mol. The van der Waals surface area contributed by atoms with Crippen LogP contribution in [0, 0.1) is 0 Å². The van der Waals surface area contributed by atoms with Gasteiger partial charge in [-0.1, -0.05) is 19.1 Å². The summed E-state index contributed by atoms with van der Waals surface area (Å²) in [7, 11) is 1.85. The number of phenolic OH excluding ortho intramolecular Hbond substituents is 1. The highest BCUT2D eigenvalue weighted by Crippen LogP contribution is 2.15. The molecule has 0 saturated carbocycles. The fourth-order valence-corrected chi connectivity index (χ4v) is 1.97. The first kappa shape index (κ1) is 13.1. The van der Waals surface area contributed by atoms with Crippen molar-refractivity contribution in [2.45, 2.75) is 19.9 Å². The van der Waals surface area contributed by atoms with Crippen molar-refractivity contribution < 1.29 is 9.90 Å². The van der Waals surface area contributed by atoms with Gasteiger partial charge in [0, 0.05) is 25.4 Å². The Hall–Kier alpha value is -2.30. The smallest absolute Gasteiger partial charge is 0.255 e. The highest BCUT2D eigenvalue weighted by molar-refractivity contribution is 5.96. The molecule has 0 saturated heterocycles. The lowest BCUT2D eigenvalue weighted by molar-refractivity contribution is 0.0948. The summed E-state index contributed by atoms with van der Waals surface area (Å²) in [6.45, 7) is 2.43. The summed E-state index contributed by atoms with van der Waals surface area (Å²) < 4.78 is 1.74. The minimum Gasteiger partial charge on any atom is -0.507 e. The van der Waals surface area contributed by atoms with Gasteiger partial charge in [0.05, 0.1) is 11.3 Å². The summed E-state index contributed by atoms with van der Waals surface area (Å²) in [6.07, 6.45) is 2.71. The molecule has 0 unspecified atom stereocenters. The number of amides is 1. The Kier molecular flexibility index (Phi) is 3.85. The van der Waals surface area contributed by atoms with Crippen LogP contribution < -0.4 is 5.32 Å². The van der Waals surface area contributed by atoms with E-state index in [-0.39, 0.29) is 17.2 Å². The number of aromatic nitrogens is 2. The topological polar surface area (TPSA) is 67.2 Å². The summed E-state index contributed by atoms with van der Waals surface area (Å²) in [5.41, 5.74) is 2.25. The maximum atomic E-state index is 11.9. The summed E-state index contributed by atoms with van der Waals surface area (Å²) in [5, 5.41) is 16.7. The highest BCUT2D eigenvalue weighted by Gasteiger charge is 2.11. The third-order valence-corrected chi connectivity index (χ3v) is 2.91. The van der Waals surface area contributed by atoms with Crippen molar-refractivity contribution in [3.8, 4) is 5.75 Å². The van der Waals surface area contributed by atoms with Gasteiger partial charge in [-0.3, -0.25) is 9.48 Å². The van der Waals surface area contributed by atoms with E-state index in [9.17, 15) is 9.90 Å². The van der Waals surface area contributed by atoms with Gasteiger partial charge in [0.1, 0.15) is 5.75 Å². The quantitative estimate of drug-likeness (QED) is 0.876. The second-order valence-corrected chi connectivity index (χ2v) is 4.33. The number of benzene rings is 1. The Morgan fingerprint density at radius 3 is 2.84 bits per heavy atom. The van der Waals surface area contributed by atoms with Gasteiger partial charge in [-0.05, 0) is 18.6 Å². The Labute approximate surface area is 111 Å². The van der Waals surface area contributed by atoms with E-state index in [0.717, 1.165) is 17.7 Å². The standard InChI is InChI=1S/C14H17N3O2/c1-3-12-10(9-17(2)16-12)8-15-14(19)11-6-4-5-7-13(11)18/h4-7,9,18H,3,8H2,1-2H3,(H,15,19). The molecule has 100 valence electrons. The molecule has 0 aliphatic carbocycles. The molecule has 0 spiro atoms. The normalized spacial score (nSPS) is 10.4. The lowest BCUT2D eigenvalue weighted by atomic mass is 10.1. The third kappa shape index (κ3) is 2.93. The summed E-state index contributed by atoms with van der Waals surface area (Å²) in [4.78, 5) is 11.9. The number of rotatable bonds is 4. The molecule has 1 aromatic heterocycles. The number of aromatic hydroxyl groups is 1. The van der Waals surface area contributed by atoms with Crippen LogP contribution in [-0.4, -0.2) is 20.8 Å². The van der Waals surface area contributed by atoms with Crippen LogP contribution in [0.25, 0.3) is 0 Å². The van der Waals surface area contributed by atoms with Crippen LogP contribution in [0.1, 0.15) is 28.5 Å². The minimum absolute atomic E-state index is 0.0121. The summed E-state index contributed by atoms with van der Waals surface area (Å²) in [5.74, 6) is -0.300. The zero-order valence-corrected chi connectivity index (χ0v) is 11.1. The van der Waals surface area contributed by atoms with E-state index in [1.807, 2.05) is 20.2 Å². The molecule has 5 heteroatoms. The van der Waals surface area contributed by atoms with Gasteiger partial charge in [-0.2, -0.15) is 5.10 Å². The number of aryl methyl sites for hydroxylation is 2. The van der Waals surface area contributed by atoms with Crippen LogP contribution in [-0.2, 0) is 20.0 Å². The fraction of sp³-hybridized carbons (Fsp3) is 0.286. The molecule has 0 radical (unpaired) electrons. The van der Waals surface area contributed by atoms with Gasteiger partial charge >= 0.3 is 0 Å². The number of carbonyl (C=O) groups excluding carboxylic acids is 1. The third-order valence-electron chi connectivity index (χ3n) is 2.91. The molecule has 0 atom stereocenters. The predicted molar refractivity (Wildman–Crippen MR) is 71.9 cm³/mol. The summed E-state index contributed by atoms with van der Waals surface area (Å²) in [6, 6.07) is 6.49. The number of nitrogens with zero attached hydrogens (tertiary/aromatic N) is 2. The van der Waals surface area contributed by atoms with Crippen molar-refractivity contribution in [1.29, 1.82) is 0 Å². The molecule has 0 fully saturated rings. The molecule has 1 heterocycles. The van der Waals surface area contributed by atoms with Gasteiger partial charge in [0.15, 0.2) is 0 Å². The van der Waals surface area contributed by atoms with Gasteiger partial charge in [0.2, 0.25) is 0 Å². The van der Waals surface area contributed by atoms with Crippen LogP contribution >= 0.6 is 0 Å². The Balaban J connectivity index is 2.06. The van der Waals surface area contributed by atoms with Crippen molar-refractivity contribution in [2.24, 2.45) is 7.05 Å². The molecule has 5 nitrogen and oxygen atoms in total. The number of carbonyl (C=O) groups is 1. The van der Waals surface area contributed by atoms with Gasteiger partial charge in [-0.25, -0.2) is 0 Å². The summed E-state index contributed by atoms with van der Waals surface area (Å²) >= 11 is 0. The van der Waals surface area contributed by atoms with Crippen molar-refractivity contribution in [3.05, 3.63) is 47.3 Å². The Morgan fingerprint density at radius 2 is 2.16 bits per heavy atom.